The Balaban J connectivity index is 2.03. The highest BCUT2D eigenvalue weighted by Crippen LogP contribution is 2.14. The van der Waals surface area contributed by atoms with E-state index in [1.54, 1.807) is 0 Å². The second kappa shape index (κ2) is 8.14. The van der Waals surface area contributed by atoms with Gasteiger partial charge in [0.15, 0.2) is 0 Å². The Bertz CT molecular complexity index is 715. The lowest BCUT2D eigenvalue weighted by atomic mass is 10.1. The van der Waals surface area contributed by atoms with Crippen molar-refractivity contribution >= 4 is 23.1 Å². The molecule has 3 heteroatoms. The van der Waals surface area contributed by atoms with Gasteiger partial charge < -0.3 is 4.74 Å². The zero-order chi connectivity index (χ0) is 15.8. The van der Waals surface area contributed by atoms with E-state index in [1.165, 1.54) is 0 Å². The van der Waals surface area contributed by atoms with Gasteiger partial charge in [-0.05, 0) is 66.7 Å². The first-order chi connectivity index (χ1) is 10.7. The van der Waals surface area contributed by atoms with Crippen LogP contribution in [-0.2, 0) is 0 Å². The van der Waals surface area contributed by atoms with Crippen molar-refractivity contribution in [1.82, 2.24) is 0 Å². The molecular formula is C19H17NOS. The van der Waals surface area contributed by atoms with Crippen molar-refractivity contribution in [3.05, 3.63) is 59.7 Å². The first-order valence-corrected chi connectivity index (χ1v) is 7.51. The van der Waals surface area contributed by atoms with Gasteiger partial charge in [-0.3, -0.25) is 0 Å². The molecule has 2 nitrogen and oxygen atoms in total. The van der Waals surface area contributed by atoms with Gasteiger partial charge in [-0.1, -0.05) is 25.7 Å². The number of thiocarbonyl (C=S) groups is 1. The standard InChI is InChI=1S/C19H17NOS/c1-15(2)13-21-19-11-7-17(8-12-19)4-3-16-5-9-18(10-6-16)20-14-22/h5-12,15H,13H2,1-2H3. The summed E-state index contributed by atoms with van der Waals surface area (Å²) in [4.78, 5) is 3.91. The number of ether oxygens (including phenoxy) is 1. The van der Waals surface area contributed by atoms with Crippen LogP contribution in [0.1, 0.15) is 25.0 Å². The lowest BCUT2D eigenvalue weighted by molar-refractivity contribution is 0.271. The molecule has 2 aromatic rings. The van der Waals surface area contributed by atoms with Gasteiger partial charge in [0.2, 0.25) is 0 Å². The smallest absolute Gasteiger partial charge is 0.119 e. The summed E-state index contributed by atoms with van der Waals surface area (Å²) in [6.07, 6.45) is 0. The summed E-state index contributed by atoms with van der Waals surface area (Å²) >= 11 is 4.57. The van der Waals surface area contributed by atoms with Gasteiger partial charge in [-0.2, -0.15) is 4.99 Å². The topological polar surface area (TPSA) is 21.6 Å². The van der Waals surface area contributed by atoms with E-state index < -0.39 is 0 Å². The van der Waals surface area contributed by atoms with E-state index in [4.69, 9.17) is 4.74 Å². The van der Waals surface area contributed by atoms with Gasteiger partial charge in [-0.15, -0.1) is 0 Å². The summed E-state index contributed by atoms with van der Waals surface area (Å²) in [5.74, 6) is 7.65. The van der Waals surface area contributed by atoms with Crippen LogP contribution < -0.4 is 4.74 Å². The van der Waals surface area contributed by atoms with Gasteiger partial charge in [0.1, 0.15) is 5.75 Å². The molecule has 2 aromatic carbocycles. The molecule has 110 valence electrons. The quantitative estimate of drug-likeness (QED) is 0.457. The molecule has 0 radical (unpaired) electrons. The molecule has 0 aliphatic carbocycles. The van der Waals surface area contributed by atoms with Gasteiger partial charge in [0.25, 0.3) is 0 Å². The summed E-state index contributed by atoms with van der Waals surface area (Å²) in [7, 11) is 0. The molecule has 0 amide bonds. The maximum atomic E-state index is 5.65. The molecule has 0 unspecified atom stereocenters. The maximum Gasteiger partial charge on any atom is 0.119 e. The molecule has 0 fully saturated rings. The summed E-state index contributed by atoms with van der Waals surface area (Å²) in [5, 5.41) is 2.34. The second-order valence-corrected chi connectivity index (χ2v) is 5.41. The van der Waals surface area contributed by atoms with E-state index in [1.807, 2.05) is 48.5 Å². The zero-order valence-corrected chi connectivity index (χ0v) is 13.5. The lowest BCUT2D eigenvalue weighted by Gasteiger charge is -2.08. The number of rotatable bonds is 4. The van der Waals surface area contributed by atoms with Gasteiger partial charge in [0.05, 0.1) is 17.5 Å². The van der Waals surface area contributed by atoms with E-state index in [9.17, 15) is 0 Å². The number of nitrogens with zero attached hydrogens (tertiary/aromatic N) is 1. The first kappa shape index (κ1) is 16.0. The van der Waals surface area contributed by atoms with Crippen LogP contribution in [0.5, 0.6) is 5.75 Å². The summed E-state index contributed by atoms with van der Waals surface area (Å²) in [5.41, 5.74) is 2.67. The van der Waals surface area contributed by atoms with Crippen molar-refractivity contribution in [2.75, 3.05) is 6.61 Å². The Morgan fingerprint density at radius 2 is 1.50 bits per heavy atom. The number of benzene rings is 2. The molecule has 22 heavy (non-hydrogen) atoms. The first-order valence-electron chi connectivity index (χ1n) is 7.10. The molecule has 0 atom stereocenters. The molecule has 0 saturated heterocycles. The maximum absolute atomic E-state index is 5.65. The van der Waals surface area contributed by atoms with Crippen LogP contribution in [0, 0.1) is 17.8 Å². The van der Waals surface area contributed by atoms with E-state index in [2.05, 4.69) is 48.1 Å². The molecule has 0 heterocycles. The zero-order valence-electron chi connectivity index (χ0n) is 12.7. The SMILES string of the molecule is CC(C)COc1ccc(C#Cc2ccc(N=C=S)cc2)cc1. The molecule has 0 N–H and O–H groups in total. The molecule has 0 aromatic heterocycles. The highest BCUT2D eigenvalue weighted by molar-refractivity contribution is 7.78. The Morgan fingerprint density at radius 3 is 2.00 bits per heavy atom. The van der Waals surface area contributed by atoms with E-state index in [0.717, 1.165) is 29.2 Å². The van der Waals surface area contributed by atoms with Crippen molar-refractivity contribution in [3.8, 4) is 17.6 Å². The fourth-order valence-corrected chi connectivity index (χ4v) is 1.82. The van der Waals surface area contributed by atoms with E-state index >= 15 is 0 Å². The number of hydrogen-bond donors (Lipinski definition) is 0. The summed E-state index contributed by atoms with van der Waals surface area (Å²) in [6.45, 7) is 4.98. The van der Waals surface area contributed by atoms with Crippen LogP contribution in [0.25, 0.3) is 0 Å². The number of isothiocyanates is 1. The van der Waals surface area contributed by atoms with Crippen LogP contribution in [-0.4, -0.2) is 11.8 Å². The van der Waals surface area contributed by atoms with Gasteiger partial charge in [0, 0.05) is 11.1 Å². The highest BCUT2D eigenvalue weighted by Gasteiger charge is 1.96. The van der Waals surface area contributed by atoms with Crippen LogP contribution in [0.2, 0.25) is 0 Å². The van der Waals surface area contributed by atoms with Crippen molar-refractivity contribution in [1.29, 1.82) is 0 Å². The normalized spacial score (nSPS) is 9.59. The molecular weight excluding hydrogens is 290 g/mol. The highest BCUT2D eigenvalue weighted by atomic mass is 32.1. The summed E-state index contributed by atoms with van der Waals surface area (Å²) in [6, 6.07) is 15.4. The van der Waals surface area contributed by atoms with Crippen molar-refractivity contribution < 1.29 is 4.74 Å². The van der Waals surface area contributed by atoms with Crippen LogP contribution >= 0.6 is 12.2 Å². The Labute approximate surface area is 136 Å². The average molecular weight is 307 g/mol. The van der Waals surface area contributed by atoms with Crippen molar-refractivity contribution in [2.45, 2.75) is 13.8 Å². The fraction of sp³-hybridized carbons (Fsp3) is 0.211. The molecule has 0 bridgehead atoms. The summed E-state index contributed by atoms with van der Waals surface area (Å²) < 4.78 is 5.65. The Kier molecular flexibility index (Phi) is 5.91. The molecule has 0 spiro atoms. The van der Waals surface area contributed by atoms with Crippen molar-refractivity contribution in [3.63, 3.8) is 0 Å². The van der Waals surface area contributed by atoms with E-state index in [0.29, 0.717) is 5.92 Å². The fourth-order valence-electron chi connectivity index (χ4n) is 1.71. The second-order valence-electron chi connectivity index (χ2n) is 5.23. The Hall–Kier alpha value is -2.40. The van der Waals surface area contributed by atoms with Crippen LogP contribution in [0.3, 0.4) is 0 Å². The third-order valence-corrected chi connectivity index (χ3v) is 2.92. The monoisotopic (exact) mass is 307 g/mol. The molecule has 2 rings (SSSR count). The predicted octanol–water partition coefficient (Wildman–Crippen LogP) is 4.86. The minimum atomic E-state index is 0.519. The minimum absolute atomic E-state index is 0.519. The molecule has 0 aliphatic heterocycles. The van der Waals surface area contributed by atoms with Gasteiger partial charge in [-0.25, -0.2) is 0 Å². The van der Waals surface area contributed by atoms with Crippen LogP contribution in [0.15, 0.2) is 53.5 Å². The minimum Gasteiger partial charge on any atom is -0.493 e. The average Bonchev–Trinajstić information content (AvgIpc) is 2.53. The molecule has 0 saturated carbocycles. The van der Waals surface area contributed by atoms with Gasteiger partial charge >= 0.3 is 0 Å². The number of aliphatic imine (C=N–C) groups is 1. The number of hydrogen-bond acceptors (Lipinski definition) is 3. The third-order valence-electron chi connectivity index (χ3n) is 2.83. The largest absolute Gasteiger partial charge is 0.493 e. The molecule has 0 aliphatic rings. The van der Waals surface area contributed by atoms with Crippen LogP contribution in [0.4, 0.5) is 5.69 Å². The lowest BCUT2D eigenvalue weighted by Crippen LogP contribution is -2.04. The predicted molar refractivity (Wildman–Crippen MR) is 93.9 cm³/mol. The van der Waals surface area contributed by atoms with Crippen molar-refractivity contribution in [2.24, 2.45) is 10.9 Å². The Morgan fingerprint density at radius 1 is 0.955 bits per heavy atom. The van der Waals surface area contributed by atoms with E-state index in [-0.39, 0.29) is 0 Å². The third kappa shape index (κ3) is 5.18.